The van der Waals surface area contributed by atoms with Crippen LogP contribution in [0.1, 0.15) is 19.7 Å². The van der Waals surface area contributed by atoms with E-state index < -0.39 is 0 Å². The van der Waals surface area contributed by atoms with E-state index in [0.717, 1.165) is 16.4 Å². The van der Waals surface area contributed by atoms with Crippen molar-refractivity contribution in [2.45, 2.75) is 19.3 Å². The van der Waals surface area contributed by atoms with Gasteiger partial charge in [0, 0.05) is 18.2 Å². The van der Waals surface area contributed by atoms with Crippen LogP contribution in [0, 0.1) is 0 Å². The Kier molecular flexibility index (Phi) is 3.03. The third-order valence-electron chi connectivity index (χ3n) is 2.54. The highest BCUT2D eigenvalue weighted by molar-refractivity contribution is 7.13. The van der Waals surface area contributed by atoms with E-state index in [0.29, 0.717) is 6.54 Å². The Morgan fingerprint density at radius 3 is 2.81 bits per heavy atom. The number of hydrogen-bond donors (Lipinski definition) is 1. The van der Waals surface area contributed by atoms with Crippen molar-refractivity contribution in [1.82, 2.24) is 9.97 Å². The van der Waals surface area contributed by atoms with Gasteiger partial charge in [0.05, 0.1) is 10.6 Å². The van der Waals surface area contributed by atoms with Crippen molar-refractivity contribution in [3.8, 4) is 10.6 Å². The van der Waals surface area contributed by atoms with Crippen LogP contribution in [0.3, 0.4) is 0 Å². The molecule has 0 saturated carbocycles. The number of nitrogens with zero attached hydrogens (tertiary/aromatic N) is 2. The van der Waals surface area contributed by atoms with E-state index in [1.807, 2.05) is 17.5 Å². The fourth-order valence-corrected chi connectivity index (χ4v) is 2.03. The first-order valence-electron chi connectivity index (χ1n) is 5.21. The Labute approximate surface area is 99.4 Å². The molecule has 0 aliphatic carbocycles. The summed E-state index contributed by atoms with van der Waals surface area (Å²) in [7, 11) is 0. The molecule has 84 valence electrons. The van der Waals surface area contributed by atoms with E-state index in [4.69, 9.17) is 5.73 Å². The zero-order valence-corrected chi connectivity index (χ0v) is 10.3. The molecule has 0 radical (unpaired) electrons. The number of rotatable bonds is 3. The van der Waals surface area contributed by atoms with Gasteiger partial charge in [0.25, 0.3) is 0 Å². The normalized spacial score (nSPS) is 11.7. The SMILES string of the molecule is CC(C)(CN)c1nccc(-c2cccs2)n1. The van der Waals surface area contributed by atoms with E-state index >= 15 is 0 Å². The van der Waals surface area contributed by atoms with E-state index in [1.54, 1.807) is 17.5 Å². The second-order valence-corrected chi connectivity index (χ2v) is 5.28. The molecule has 0 aliphatic heterocycles. The minimum absolute atomic E-state index is 0.173. The molecule has 2 N–H and O–H groups in total. The van der Waals surface area contributed by atoms with Crippen LogP contribution in [0.15, 0.2) is 29.8 Å². The van der Waals surface area contributed by atoms with Crippen molar-refractivity contribution in [3.63, 3.8) is 0 Å². The highest BCUT2D eigenvalue weighted by atomic mass is 32.1. The van der Waals surface area contributed by atoms with Gasteiger partial charge in [-0.25, -0.2) is 9.97 Å². The summed E-state index contributed by atoms with van der Waals surface area (Å²) in [5, 5.41) is 2.05. The summed E-state index contributed by atoms with van der Waals surface area (Å²) >= 11 is 1.68. The Morgan fingerprint density at radius 1 is 1.38 bits per heavy atom. The lowest BCUT2D eigenvalue weighted by atomic mass is 9.92. The van der Waals surface area contributed by atoms with Crippen molar-refractivity contribution in [2.24, 2.45) is 5.73 Å². The summed E-state index contributed by atoms with van der Waals surface area (Å²) in [4.78, 5) is 10.0. The molecule has 3 nitrogen and oxygen atoms in total. The summed E-state index contributed by atoms with van der Waals surface area (Å²) in [6.07, 6.45) is 1.80. The molecular formula is C12H15N3S. The predicted molar refractivity (Wildman–Crippen MR) is 67.4 cm³/mol. The molecule has 0 atom stereocenters. The van der Waals surface area contributed by atoms with Crippen LogP contribution in [-0.4, -0.2) is 16.5 Å². The van der Waals surface area contributed by atoms with Gasteiger partial charge >= 0.3 is 0 Å². The van der Waals surface area contributed by atoms with Gasteiger partial charge < -0.3 is 5.73 Å². The summed E-state index contributed by atoms with van der Waals surface area (Å²) < 4.78 is 0. The Balaban J connectivity index is 2.41. The quantitative estimate of drug-likeness (QED) is 0.886. The van der Waals surface area contributed by atoms with Gasteiger partial charge in [-0.15, -0.1) is 11.3 Å². The highest BCUT2D eigenvalue weighted by Gasteiger charge is 2.22. The zero-order chi connectivity index (χ0) is 11.6. The minimum Gasteiger partial charge on any atom is -0.329 e. The number of aromatic nitrogens is 2. The van der Waals surface area contributed by atoms with Crippen LogP contribution >= 0.6 is 11.3 Å². The summed E-state index contributed by atoms with van der Waals surface area (Å²) in [5.41, 5.74) is 6.53. The summed E-state index contributed by atoms with van der Waals surface area (Å²) in [6, 6.07) is 6.02. The molecule has 2 aromatic rings. The molecule has 4 heteroatoms. The molecule has 0 aliphatic rings. The maximum absolute atomic E-state index is 5.73. The van der Waals surface area contributed by atoms with Crippen LogP contribution in [0.5, 0.6) is 0 Å². The molecule has 0 amide bonds. The summed E-state index contributed by atoms with van der Waals surface area (Å²) in [5.74, 6) is 0.806. The second-order valence-electron chi connectivity index (χ2n) is 4.33. The van der Waals surface area contributed by atoms with Gasteiger partial charge in [-0.3, -0.25) is 0 Å². The van der Waals surface area contributed by atoms with E-state index in [-0.39, 0.29) is 5.41 Å². The van der Waals surface area contributed by atoms with Crippen molar-refractivity contribution < 1.29 is 0 Å². The molecule has 0 spiro atoms. The van der Waals surface area contributed by atoms with Crippen LogP contribution in [-0.2, 0) is 5.41 Å². The fraction of sp³-hybridized carbons (Fsp3) is 0.333. The molecule has 2 heterocycles. The van der Waals surface area contributed by atoms with E-state index in [2.05, 4.69) is 29.9 Å². The molecule has 0 fully saturated rings. The van der Waals surface area contributed by atoms with Crippen LogP contribution in [0.2, 0.25) is 0 Å². The molecule has 2 rings (SSSR count). The molecule has 2 aromatic heterocycles. The van der Waals surface area contributed by atoms with E-state index in [1.165, 1.54) is 0 Å². The fourth-order valence-electron chi connectivity index (χ4n) is 1.34. The first-order chi connectivity index (χ1) is 7.63. The lowest BCUT2D eigenvalue weighted by Crippen LogP contribution is -2.30. The van der Waals surface area contributed by atoms with E-state index in [9.17, 15) is 0 Å². The van der Waals surface area contributed by atoms with Gasteiger partial charge in [0.2, 0.25) is 0 Å². The maximum atomic E-state index is 5.73. The predicted octanol–water partition coefficient (Wildman–Crippen LogP) is 2.44. The van der Waals surface area contributed by atoms with Crippen molar-refractivity contribution in [3.05, 3.63) is 35.6 Å². The van der Waals surface area contributed by atoms with Crippen molar-refractivity contribution in [1.29, 1.82) is 0 Å². The van der Waals surface area contributed by atoms with Gasteiger partial charge in [0.1, 0.15) is 5.82 Å². The number of nitrogens with two attached hydrogens (primary N) is 1. The third-order valence-corrected chi connectivity index (χ3v) is 3.44. The lowest BCUT2D eigenvalue weighted by Gasteiger charge is -2.20. The second kappa shape index (κ2) is 4.31. The minimum atomic E-state index is -0.173. The van der Waals surface area contributed by atoms with Gasteiger partial charge in [-0.1, -0.05) is 19.9 Å². The molecular weight excluding hydrogens is 218 g/mol. The average Bonchev–Trinajstić information content (AvgIpc) is 2.83. The maximum Gasteiger partial charge on any atom is 0.135 e. The van der Waals surface area contributed by atoms with Gasteiger partial charge in [0.15, 0.2) is 0 Å². The Bertz CT molecular complexity index is 463. The third kappa shape index (κ3) is 2.13. The number of thiophene rings is 1. The van der Waals surface area contributed by atoms with Crippen LogP contribution in [0.4, 0.5) is 0 Å². The molecule has 0 aromatic carbocycles. The monoisotopic (exact) mass is 233 g/mol. The van der Waals surface area contributed by atoms with Crippen molar-refractivity contribution >= 4 is 11.3 Å². The zero-order valence-electron chi connectivity index (χ0n) is 9.47. The molecule has 0 bridgehead atoms. The first-order valence-corrected chi connectivity index (χ1v) is 6.09. The Hall–Kier alpha value is -1.26. The first kappa shape index (κ1) is 11.2. The molecule has 0 saturated heterocycles. The molecule has 16 heavy (non-hydrogen) atoms. The standard InChI is InChI=1S/C12H15N3S/c1-12(2,8-13)11-14-6-5-9(15-11)10-4-3-7-16-10/h3-7H,8,13H2,1-2H3. The Morgan fingerprint density at radius 2 is 2.19 bits per heavy atom. The van der Waals surface area contributed by atoms with Gasteiger partial charge in [-0.2, -0.15) is 0 Å². The lowest BCUT2D eigenvalue weighted by molar-refractivity contribution is 0.503. The van der Waals surface area contributed by atoms with Gasteiger partial charge in [-0.05, 0) is 17.5 Å². The topological polar surface area (TPSA) is 51.8 Å². The van der Waals surface area contributed by atoms with Crippen LogP contribution in [0.25, 0.3) is 10.6 Å². The van der Waals surface area contributed by atoms with Crippen LogP contribution < -0.4 is 5.73 Å². The van der Waals surface area contributed by atoms with Crippen molar-refractivity contribution in [2.75, 3.05) is 6.54 Å². The smallest absolute Gasteiger partial charge is 0.135 e. The average molecular weight is 233 g/mol. The molecule has 0 unspecified atom stereocenters. The largest absolute Gasteiger partial charge is 0.329 e. The number of hydrogen-bond acceptors (Lipinski definition) is 4. The summed E-state index contributed by atoms with van der Waals surface area (Å²) in [6.45, 7) is 4.65. The highest BCUT2D eigenvalue weighted by Crippen LogP contribution is 2.25.